The predicted octanol–water partition coefficient (Wildman–Crippen LogP) is 4.08. The average molecular weight is 455 g/mol. The molecule has 7 nitrogen and oxygen atoms in total. The third kappa shape index (κ3) is 6.40. The summed E-state index contributed by atoms with van der Waals surface area (Å²) in [7, 11) is 1.62. The number of nitrogens with zero attached hydrogens (tertiary/aromatic N) is 1. The molecule has 1 N–H and O–H groups in total. The lowest BCUT2D eigenvalue weighted by molar-refractivity contribution is -0.141. The Balaban J connectivity index is 1.76. The van der Waals surface area contributed by atoms with E-state index < -0.39 is 6.04 Å². The number of ether oxygens (including phenoxy) is 3. The topological polar surface area (TPSA) is 77.1 Å². The van der Waals surface area contributed by atoms with Crippen LogP contribution in [0.2, 0.25) is 0 Å². The molecule has 178 valence electrons. The molecule has 0 unspecified atom stereocenters. The molecule has 0 saturated carbocycles. The van der Waals surface area contributed by atoms with Crippen molar-refractivity contribution in [1.82, 2.24) is 10.2 Å². The second-order valence-corrected chi connectivity index (χ2v) is 8.30. The molecule has 0 radical (unpaired) electrons. The van der Waals surface area contributed by atoms with Crippen molar-refractivity contribution in [2.24, 2.45) is 0 Å². The number of nitrogens with one attached hydrogen (secondary N) is 1. The van der Waals surface area contributed by atoms with E-state index in [4.69, 9.17) is 14.2 Å². The van der Waals surface area contributed by atoms with Crippen molar-refractivity contribution < 1.29 is 23.8 Å². The highest BCUT2D eigenvalue weighted by molar-refractivity contribution is 5.88. The Kier molecular flexibility index (Phi) is 8.58. The van der Waals surface area contributed by atoms with Gasteiger partial charge in [0, 0.05) is 19.0 Å². The molecule has 0 saturated heterocycles. The quantitative estimate of drug-likeness (QED) is 0.554. The fourth-order valence-electron chi connectivity index (χ4n) is 3.78. The Bertz CT molecular complexity index is 944. The molecule has 33 heavy (non-hydrogen) atoms. The van der Waals surface area contributed by atoms with Crippen molar-refractivity contribution in [3.05, 3.63) is 53.6 Å². The molecular formula is C26H34N2O5. The van der Waals surface area contributed by atoms with Crippen LogP contribution >= 0.6 is 0 Å². The fourth-order valence-corrected chi connectivity index (χ4v) is 3.78. The monoisotopic (exact) mass is 454 g/mol. The molecule has 7 heteroatoms. The van der Waals surface area contributed by atoms with Crippen LogP contribution in [0.4, 0.5) is 0 Å². The number of benzene rings is 2. The SMILES string of the molecule is CC[C@@H](C)NC(=O)[C@H](CC)N(Cc1ccc(OC)cc1)C(=O)CCc1ccc2c(c1)OCO2. The van der Waals surface area contributed by atoms with E-state index in [1.54, 1.807) is 12.0 Å². The Morgan fingerprint density at radius 3 is 2.39 bits per heavy atom. The molecule has 1 aliphatic rings. The van der Waals surface area contributed by atoms with Crippen LogP contribution in [0.5, 0.6) is 17.2 Å². The van der Waals surface area contributed by atoms with Crippen molar-refractivity contribution in [3.63, 3.8) is 0 Å². The van der Waals surface area contributed by atoms with Gasteiger partial charge in [-0.05, 0) is 61.6 Å². The summed E-state index contributed by atoms with van der Waals surface area (Å²) in [4.78, 5) is 28.1. The smallest absolute Gasteiger partial charge is 0.243 e. The minimum absolute atomic E-state index is 0.0538. The van der Waals surface area contributed by atoms with Crippen LogP contribution in [0, 0.1) is 0 Å². The van der Waals surface area contributed by atoms with Crippen LogP contribution in [-0.2, 0) is 22.6 Å². The Morgan fingerprint density at radius 1 is 1.03 bits per heavy atom. The van der Waals surface area contributed by atoms with E-state index >= 15 is 0 Å². The van der Waals surface area contributed by atoms with E-state index in [0.29, 0.717) is 31.6 Å². The first-order chi connectivity index (χ1) is 15.9. The molecule has 3 rings (SSSR count). The van der Waals surface area contributed by atoms with Gasteiger partial charge in [0.1, 0.15) is 11.8 Å². The molecule has 1 heterocycles. The molecule has 0 aromatic heterocycles. The van der Waals surface area contributed by atoms with Crippen LogP contribution in [0.15, 0.2) is 42.5 Å². The molecule has 0 aliphatic carbocycles. The number of carbonyl (C=O) groups is 2. The highest BCUT2D eigenvalue weighted by Gasteiger charge is 2.29. The minimum Gasteiger partial charge on any atom is -0.497 e. The first-order valence-electron chi connectivity index (χ1n) is 11.6. The maximum absolute atomic E-state index is 13.4. The highest BCUT2D eigenvalue weighted by Crippen LogP contribution is 2.32. The largest absolute Gasteiger partial charge is 0.497 e. The van der Waals surface area contributed by atoms with E-state index in [1.165, 1.54) is 0 Å². The van der Waals surface area contributed by atoms with Gasteiger partial charge < -0.3 is 24.4 Å². The van der Waals surface area contributed by atoms with E-state index in [2.05, 4.69) is 5.32 Å². The van der Waals surface area contributed by atoms with Gasteiger partial charge in [0.25, 0.3) is 0 Å². The molecule has 0 spiro atoms. The number of aryl methyl sites for hydroxylation is 1. The predicted molar refractivity (Wildman–Crippen MR) is 126 cm³/mol. The molecule has 2 atom stereocenters. The summed E-state index contributed by atoms with van der Waals surface area (Å²) in [6.45, 7) is 6.51. The Hall–Kier alpha value is -3.22. The standard InChI is InChI=1S/C26H34N2O5/c1-5-18(3)27-26(30)22(6-2)28(16-20-7-11-21(31-4)12-8-20)25(29)14-10-19-9-13-23-24(15-19)33-17-32-23/h7-9,11-13,15,18,22H,5-6,10,14,16-17H2,1-4H3,(H,27,30)/t18-,22+/m1/s1. The van der Waals surface area contributed by atoms with E-state index in [1.807, 2.05) is 63.2 Å². The van der Waals surface area contributed by atoms with Crippen LogP contribution in [-0.4, -0.2) is 42.7 Å². The second-order valence-electron chi connectivity index (χ2n) is 8.30. The van der Waals surface area contributed by atoms with Crippen molar-refractivity contribution >= 4 is 11.8 Å². The van der Waals surface area contributed by atoms with Gasteiger partial charge in [-0.2, -0.15) is 0 Å². The van der Waals surface area contributed by atoms with Crippen molar-refractivity contribution in [2.45, 2.75) is 65.1 Å². The Labute approximate surface area is 196 Å². The minimum atomic E-state index is -0.537. The maximum Gasteiger partial charge on any atom is 0.243 e. The number of fused-ring (bicyclic) bond motifs is 1. The molecule has 0 fully saturated rings. The molecular weight excluding hydrogens is 420 g/mol. The van der Waals surface area contributed by atoms with Gasteiger partial charge in [0.15, 0.2) is 11.5 Å². The zero-order valence-corrected chi connectivity index (χ0v) is 19.9. The third-order valence-corrected chi connectivity index (χ3v) is 5.96. The van der Waals surface area contributed by atoms with Crippen molar-refractivity contribution in [3.8, 4) is 17.2 Å². The fraction of sp³-hybridized carbons (Fsp3) is 0.462. The summed E-state index contributed by atoms with van der Waals surface area (Å²) in [5.74, 6) is 2.00. The summed E-state index contributed by atoms with van der Waals surface area (Å²) in [5.41, 5.74) is 1.94. The number of rotatable bonds is 11. The van der Waals surface area contributed by atoms with E-state index in [-0.39, 0.29) is 24.6 Å². The molecule has 1 aliphatic heterocycles. The highest BCUT2D eigenvalue weighted by atomic mass is 16.7. The van der Waals surface area contributed by atoms with Gasteiger partial charge in [-0.15, -0.1) is 0 Å². The molecule has 0 bridgehead atoms. The van der Waals surface area contributed by atoms with Gasteiger partial charge in [-0.25, -0.2) is 0 Å². The number of amides is 2. The zero-order valence-electron chi connectivity index (χ0n) is 19.9. The van der Waals surface area contributed by atoms with E-state index in [9.17, 15) is 9.59 Å². The first kappa shape index (κ1) is 24.4. The van der Waals surface area contributed by atoms with E-state index in [0.717, 1.165) is 29.0 Å². The van der Waals surface area contributed by atoms with Gasteiger partial charge in [0.05, 0.1) is 7.11 Å². The molecule has 2 aromatic rings. The lowest BCUT2D eigenvalue weighted by Crippen LogP contribution is -2.50. The summed E-state index contributed by atoms with van der Waals surface area (Å²) < 4.78 is 16.0. The Morgan fingerprint density at radius 2 is 1.73 bits per heavy atom. The third-order valence-electron chi connectivity index (χ3n) is 5.96. The summed E-state index contributed by atoms with van der Waals surface area (Å²) in [6.07, 6.45) is 2.22. The second kappa shape index (κ2) is 11.6. The number of hydrogen-bond acceptors (Lipinski definition) is 5. The number of hydrogen-bond donors (Lipinski definition) is 1. The molecule has 2 aromatic carbocycles. The summed E-state index contributed by atoms with van der Waals surface area (Å²) in [5, 5.41) is 3.04. The maximum atomic E-state index is 13.4. The van der Waals surface area contributed by atoms with Gasteiger partial charge >= 0.3 is 0 Å². The first-order valence-corrected chi connectivity index (χ1v) is 11.6. The zero-order chi connectivity index (χ0) is 23.8. The van der Waals surface area contributed by atoms with Crippen LogP contribution < -0.4 is 19.5 Å². The van der Waals surface area contributed by atoms with Crippen LogP contribution in [0.3, 0.4) is 0 Å². The molecule has 2 amide bonds. The summed E-state index contributed by atoms with van der Waals surface area (Å²) in [6, 6.07) is 12.8. The van der Waals surface area contributed by atoms with Gasteiger partial charge in [-0.1, -0.05) is 32.0 Å². The summed E-state index contributed by atoms with van der Waals surface area (Å²) >= 11 is 0. The van der Waals surface area contributed by atoms with Crippen LogP contribution in [0.1, 0.15) is 51.2 Å². The van der Waals surface area contributed by atoms with Gasteiger partial charge in [0.2, 0.25) is 18.6 Å². The van der Waals surface area contributed by atoms with Crippen molar-refractivity contribution in [1.29, 1.82) is 0 Å². The van der Waals surface area contributed by atoms with Crippen LogP contribution in [0.25, 0.3) is 0 Å². The average Bonchev–Trinajstić information content (AvgIpc) is 3.30. The normalized spacial score (nSPS) is 13.8. The lowest BCUT2D eigenvalue weighted by atomic mass is 10.1. The number of carbonyl (C=O) groups excluding carboxylic acids is 2. The number of methoxy groups -OCH3 is 1. The lowest BCUT2D eigenvalue weighted by Gasteiger charge is -2.31. The van der Waals surface area contributed by atoms with Crippen molar-refractivity contribution in [2.75, 3.05) is 13.9 Å². The van der Waals surface area contributed by atoms with Gasteiger partial charge in [-0.3, -0.25) is 9.59 Å².